The Morgan fingerprint density at radius 1 is 0.571 bits per heavy atom. The Bertz CT molecular complexity index is 1070. The van der Waals surface area contributed by atoms with Crippen LogP contribution in [0.25, 0.3) is 32.3 Å². The van der Waals surface area contributed by atoms with Crippen LogP contribution >= 0.6 is 15.9 Å². The Hall–Kier alpha value is -2.19. The molecule has 4 aromatic rings. The fourth-order valence-electron chi connectivity index (χ4n) is 2.95. The van der Waals surface area contributed by atoms with Gasteiger partial charge in [0.15, 0.2) is 5.43 Å². The molecule has 0 saturated heterocycles. The van der Waals surface area contributed by atoms with E-state index < -0.39 is 0 Å². The molecule has 4 aromatic carbocycles. The van der Waals surface area contributed by atoms with E-state index in [9.17, 15) is 4.79 Å². The molecule has 0 saturated carbocycles. The molecule has 100 valence electrons. The average Bonchev–Trinajstić information content (AvgIpc) is 2.63. The van der Waals surface area contributed by atoms with Crippen molar-refractivity contribution in [3.63, 3.8) is 0 Å². The Morgan fingerprint density at radius 2 is 1.05 bits per heavy atom. The van der Waals surface area contributed by atoms with Gasteiger partial charge in [0.05, 0.1) is 0 Å². The van der Waals surface area contributed by atoms with Crippen LogP contribution in [0.4, 0.5) is 0 Å². The summed E-state index contributed by atoms with van der Waals surface area (Å²) in [5, 5.41) is 5.73. The van der Waals surface area contributed by atoms with Crippen molar-refractivity contribution in [2.75, 3.05) is 0 Å². The zero-order valence-corrected chi connectivity index (χ0v) is 12.7. The number of halogens is 1. The fraction of sp³-hybridized carbons (Fsp3) is 0. The van der Waals surface area contributed by atoms with Crippen LogP contribution in [0.3, 0.4) is 0 Å². The first-order chi connectivity index (χ1) is 10.3. The van der Waals surface area contributed by atoms with Crippen molar-refractivity contribution >= 4 is 48.2 Å². The lowest BCUT2D eigenvalue weighted by molar-refractivity contribution is 1.71. The molecule has 2 heteroatoms. The van der Waals surface area contributed by atoms with E-state index in [1.54, 1.807) is 0 Å². The standard InChI is InChI=1S/C19H11BrO/c20-12-9-10-17-18(11-12)15-7-2-1-5-13(15)14-6-3-4-8-16(14)19(17)21/h1-11H. The molecular weight excluding hydrogens is 324 g/mol. The fourth-order valence-corrected chi connectivity index (χ4v) is 3.31. The normalized spacial score (nSPS) is 11.3. The number of hydrogen-bond acceptors (Lipinski definition) is 1. The van der Waals surface area contributed by atoms with Gasteiger partial charge >= 0.3 is 0 Å². The van der Waals surface area contributed by atoms with Crippen molar-refractivity contribution in [1.82, 2.24) is 0 Å². The smallest absolute Gasteiger partial charge is 0.194 e. The van der Waals surface area contributed by atoms with Crippen LogP contribution in [0, 0.1) is 0 Å². The molecule has 0 bridgehead atoms. The van der Waals surface area contributed by atoms with Crippen molar-refractivity contribution in [2.45, 2.75) is 0 Å². The van der Waals surface area contributed by atoms with Gasteiger partial charge in [0.2, 0.25) is 0 Å². The molecule has 0 radical (unpaired) electrons. The quantitative estimate of drug-likeness (QED) is 0.428. The molecule has 0 N–H and O–H groups in total. The van der Waals surface area contributed by atoms with E-state index in [1.807, 2.05) is 54.6 Å². The second kappa shape index (κ2) is 4.68. The van der Waals surface area contributed by atoms with E-state index in [0.29, 0.717) is 0 Å². The third-order valence-corrected chi connectivity index (χ3v) is 4.40. The first kappa shape index (κ1) is 12.5. The Balaban J connectivity index is 2.51. The molecule has 0 amide bonds. The van der Waals surface area contributed by atoms with Gasteiger partial charge < -0.3 is 0 Å². The van der Waals surface area contributed by atoms with Crippen LogP contribution in [0.1, 0.15) is 0 Å². The maximum atomic E-state index is 12.9. The predicted molar refractivity (Wildman–Crippen MR) is 92.9 cm³/mol. The zero-order chi connectivity index (χ0) is 14.4. The summed E-state index contributed by atoms with van der Waals surface area (Å²) < 4.78 is 0.981. The van der Waals surface area contributed by atoms with E-state index in [2.05, 4.69) is 28.1 Å². The van der Waals surface area contributed by atoms with E-state index in [1.165, 1.54) is 0 Å². The molecule has 0 aliphatic heterocycles. The van der Waals surface area contributed by atoms with Gasteiger partial charge in [-0.15, -0.1) is 0 Å². The van der Waals surface area contributed by atoms with Crippen LogP contribution in [0.5, 0.6) is 0 Å². The summed E-state index contributed by atoms with van der Waals surface area (Å²) in [5.74, 6) is 0. The minimum Gasteiger partial charge on any atom is -0.289 e. The molecule has 0 unspecified atom stereocenters. The number of hydrogen-bond donors (Lipinski definition) is 0. The maximum absolute atomic E-state index is 12.9. The molecular formula is C19H11BrO. The molecule has 0 fully saturated rings. The zero-order valence-electron chi connectivity index (χ0n) is 11.1. The highest BCUT2D eigenvalue weighted by molar-refractivity contribution is 9.10. The van der Waals surface area contributed by atoms with E-state index in [0.717, 1.165) is 36.8 Å². The first-order valence-corrected chi connectivity index (χ1v) is 7.58. The molecule has 21 heavy (non-hydrogen) atoms. The van der Waals surface area contributed by atoms with Gasteiger partial charge in [-0.3, -0.25) is 4.79 Å². The van der Waals surface area contributed by atoms with Crippen molar-refractivity contribution in [3.8, 4) is 0 Å². The molecule has 0 aliphatic carbocycles. The third kappa shape index (κ3) is 1.87. The van der Waals surface area contributed by atoms with Crippen molar-refractivity contribution in [3.05, 3.63) is 81.4 Å². The van der Waals surface area contributed by atoms with Crippen molar-refractivity contribution in [2.24, 2.45) is 0 Å². The van der Waals surface area contributed by atoms with Gasteiger partial charge in [-0.2, -0.15) is 0 Å². The highest BCUT2D eigenvalue weighted by atomic mass is 79.9. The molecule has 0 aliphatic rings. The van der Waals surface area contributed by atoms with Crippen molar-refractivity contribution < 1.29 is 0 Å². The largest absolute Gasteiger partial charge is 0.289 e. The summed E-state index contributed by atoms with van der Waals surface area (Å²) in [6.07, 6.45) is 0. The summed E-state index contributed by atoms with van der Waals surface area (Å²) >= 11 is 3.51. The van der Waals surface area contributed by atoms with Crippen LogP contribution in [0.15, 0.2) is 76.0 Å². The van der Waals surface area contributed by atoms with Gasteiger partial charge in [0, 0.05) is 15.2 Å². The molecule has 0 atom stereocenters. The Labute approximate surface area is 130 Å². The maximum Gasteiger partial charge on any atom is 0.194 e. The summed E-state index contributed by atoms with van der Waals surface area (Å²) in [7, 11) is 0. The lowest BCUT2D eigenvalue weighted by atomic mass is 10.1. The molecule has 0 heterocycles. The lowest BCUT2D eigenvalue weighted by Gasteiger charge is -1.99. The summed E-state index contributed by atoms with van der Waals surface area (Å²) in [6, 6.07) is 21.9. The Morgan fingerprint density at radius 3 is 1.71 bits per heavy atom. The summed E-state index contributed by atoms with van der Waals surface area (Å²) in [6.45, 7) is 0. The van der Waals surface area contributed by atoms with Gasteiger partial charge in [0.1, 0.15) is 0 Å². The SMILES string of the molecule is O=c1c2ccccc2c2ccccc2c2cc(Br)ccc12. The topological polar surface area (TPSA) is 17.1 Å². The monoisotopic (exact) mass is 334 g/mol. The van der Waals surface area contributed by atoms with Crippen LogP contribution in [-0.2, 0) is 0 Å². The van der Waals surface area contributed by atoms with Crippen LogP contribution in [-0.4, -0.2) is 0 Å². The van der Waals surface area contributed by atoms with Gasteiger partial charge in [-0.05, 0) is 39.7 Å². The van der Waals surface area contributed by atoms with E-state index >= 15 is 0 Å². The third-order valence-electron chi connectivity index (χ3n) is 3.91. The number of benzene rings is 3. The molecule has 4 rings (SSSR count). The lowest BCUT2D eigenvalue weighted by Crippen LogP contribution is -1.97. The van der Waals surface area contributed by atoms with E-state index in [4.69, 9.17) is 0 Å². The second-order valence-corrected chi connectivity index (χ2v) is 6.03. The van der Waals surface area contributed by atoms with Gasteiger partial charge in [0.25, 0.3) is 0 Å². The second-order valence-electron chi connectivity index (χ2n) is 5.11. The predicted octanol–water partition coefficient (Wildman–Crippen LogP) is 5.27. The number of fused-ring (bicyclic) bond motifs is 5. The van der Waals surface area contributed by atoms with Crippen molar-refractivity contribution in [1.29, 1.82) is 0 Å². The van der Waals surface area contributed by atoms with Crippen LogP contribution < -0.4 is 5.43 Å². The van der Waals surface area contributed by atoms with Gasteiger partial charge in [-0.1, -0.05) is 64.5 Å². The molecule has 0 spiro atoms. The van der Waals surface area contributed by atoms with E-state index in [-0.39, 0.29) is 5.43 Å². The Kier molecular flexibility index (Phi) is 2.79. The average molecular weight is 335 g/mol. The highest BCUT2D eigenvalue weighted by Crippen LogP contribution is 2.29. The molecule has 0 aromatic heterocycles. The first-order valence-electron chi connectivity index (χ1n) is 6.79. The minimum atomic E-state index is 0.0873. The summed E-state index contributed by atoms with van der Waals surface area (Å²) in [4.78, 5) is 12.9. The number of rotatable bonds is 0. The molecule has 1 nitrogen and oxygen atoms in total. The summed E-state index contributed by atoms with van der Waals surface area (Å²) in [5.41, 5.74) is 0.0873. The van der Waals surface area contributed by atoms with Crippen LogP contribution in [0.2, 0.25) is 0 Å². The highest BCUT2D eigenvalue weighted by Gasteiger charge is 2.08. The minimum absolute atomic E-state index is 0.0873. The van der Waals surface area contributed by atoms with Gasteiger partial charge in [-0.25, -0.2) is 0 Å².